The number of esters is 1. The van der Waals surface area contributed by atoms with Crippen LogP contribution < -0.4 is 4.90 Å². The van der Waals surface area contributed by atoms with Crippen molar-refractivity contribution in [1.82, 2.24) is 9.88 Å². The van der Waals surface area contributed by atoms with Gasteiger partial charge < -0.3 is 9.64 Å². The molecule has 2 aromatic carbocycles. The summed E-state index contributed by atoms with van der Waals surface area (Å²) in [6.07, 6.45) is 1.31. The van der Waals surface area contributed by atoms with Gasteiger partial charge in [-0.2, -0.15) is 0 Å². The summed E-state index contributed by atoms with van der Waals surface area (Å²) in [4.78, 5) is 21.4. The van der Waals surface area contributed by atoms with E-state index < -0.39 is 0 Å². The number of fused-ring (bicyclic) bond motifs is 1. The highest BCUT2D eigenvalue weighted by Crippen LogP contribution is 2.31. The molecule has 164 valence electrons. The molecule has 2 heterocycles. The van der Waals surface area contributed by atoms with Gasteiger partial charge in [-0.15, -0.1) is 0 Å². The van der Waals surface area contributed by atoms with E-state index in [2.05, 4.69) is 15.9 Å². The zero-order chi connectivity index (χ0) is 21.8. The Morgan fingerprint density at radius 3 is 2.74 bits per heavy atom. The predicted molar refractivity (Wildman–Crippen MR) is 129 cm³/mol. The third kappa shape index (κ3) is 5.89. The predicted octanol–water partition coefficient (Wildman–Crippen LogP) is 5.42. The normalized spacial score (nSPS) is 15.3. The van der Waals surface area contributed by atoms with E-state index in [9.17, 15) is 4.79 Å². The number of rotatable bonds is 6. The van der Waals surface area contributed by atoms with Crippen LogP contribution in [0.15, 0.2) is 36.4 Å². The first-order valence-corrected chi connectivity index (χ1v) is 12.0. The first-order valence-electron chi connectivity index (χ1n) is 10.5. The molecule has 0 amide bonds. The maximum absolute atomic E-state index is 11.8. The van der Waals surface area contributed by atoms with Crippen molar-refractivity contribution in [2.75, 3.05) is 37.7 Å². The van der Waals surface area contributed by atoms with E-state index >= 15 is 0 Å². The Balaban J connectivity index is 1.40. The van der Waals surface area contributed by atoms with Gasteiger partial charge in [0.2, 0.25) is 0 Å². The smallest absolute Gasteiger partial charge is 0.310 e. The van der Waals surface area contributed by atoms with E-state index in [4.69, 9.17) is 32.9 Å². The molecular formula is C23H25Cl2N3O2S. The van der Waals surface area contributed by atoms with Crippen molar-refractivity contribution in [2.45, 2.75) is 26.3 Å². The molecule has 0 N–H and O–H groups in total. The number of thiazole rings is 1. The standard InChI is InChI=1S/C23H25Cl2N3O2S/c1-2-30-22(29)13-16-10-17(12-19(25)11-16)15-27-6-3-7-28(9-8-27)23-26-20-5-4-18(24)14-21(20)31-23/h4-5,10-12,14H,2-3,6-9,13,15H2,1H3. The first-order chi connectivity index (χ1) is 15.0. The van der Waals surface area contributed by atoms with Crippen LogP contribution >= 0.6 is 34.5 Å². The van der Waals surface area contributed by atoms with Crippen LogP contribution in [-0.4, -0.2) is 48.6 Å². The Morgan fingerprint density at radius 2 is 1.90 bits per heavy atom. The molecule has 4 rings (SSSR count). The van der Waals surface area contributed by atoms with Crippen molar-refractivity contribution in [3.05, 3.63) is 57.6 Å². The summed E-state index contributed by atoms with van der Waals surface area (Å²) < 4.78 is 6.19. The van der Waals surface area contributed by atoms with Crippen LogP contribution in [0.4, 0.5) is 5.13 Å². The van der Waals surface area contributed by atoms with Crippen molar-refractivity contribution in [3.8, 4) is 0 Å². The van der Waals surface area contributed by atoms with Gasteiger partial charge in [-0.25, -0.2) is 4.98 Å². The lowest BCUT2D eigenvalue weighted by Gasteiger charge is -2.22. The summed E-state index contributed by atoms with van der Waals surface area (Å²) in [7, 11) is 0. The topological polar surface area (TPSA) is 45.7 Å². The molecule has 31 heavy (non-hydrogen) atoms. The highest BCUT2D eigenvalue weighted by Gasteiger charge is 2.19. The van der Waals surface area contributed by atoms with Gasteiger partial charge >= 0.3 is 5.97 Å². The van der Waals surface area contributed by atoms with Gasteiger partial charge in [0.15, 0.2) is 5.13 Å². The zero-order valence-corrected chi connectivity index (χ0v) is 19.8. The lowest BCUT2D eigenvalue weighted by atomic mass is 10.1. The Morgan fingerprint density at radius 1 is 1.06 bits per heavy atom. The summed E-state index contributed by atoms with van der Waals surface area (Å²) >= 11 is 14.1. The fraction of sp³-hybridized carbons (Fsp3) is 0.391. The van der Waals surface area contributed by atoms with Crippen LogP contribution in [0.5, 0.6) is 0 Å². The second-order valence-electron chi connectivity index (χ2n) is 7.67. The molecule has 0 bridgehead atoms. The Kier molecular flexibility index (Phi) is 7.33. The Hall–Kier alpha value is -1.86. The van der Waals surface area contributed by atoms with Gasteiger partial charge in [0.05, 0.1) is 23.2 Å². The molecule has 0 aliphatic carbocycles. The molecule has 1 aromatic heterocycles. The minimum absolute atomic E-state index is 0.224. The van der Waals surface area contributed by atoms with Gasteiger partial charge in [-0.3, -0.25) is 9.69 Å². The first kappa shape index (κ1) is 22.3. The fourth-order valence-corrected chi connectivity index (χ4v) is 5.46. The maximum Gasteiger partial charge on any atom is 0.310 e. The van der Waals surface area contributed by atoms with Gasteiger partial charge in [0.1, 0.15) is 0 Å². The number of hydrogen-bond donors (Lipinski definition) is 0. The molecule has 0 radical (unpaired) electrons. The van der Waals surface area contributed by atoms with Crippen LogP contribution in [0.1, 0.15) is 24.5 Å². The molecule has 8 heteroatoms. The number of carbonyl (C=O) groups excluding carboxylic acids is 1. The van der Waals surface area contributed by atoms with Crippen LogP contribution in [-0.2, 0) is 22.5 Å². The largest absolute Gasteiger partial charge is 0.466 e. The highest BCUT2D eigenvalue weighted by atomic mass is 35.5. The van der Waals surface area contributed by atoms with E-state index in [0.29, 0.717) is 11.6 Å². The van der Waals surface area contributed by atoms with E-state index in [1.54, 1.807) is 11.3 Å². The van der Waals surface area contributed by atoms with E-state index in [-0.39, 0.29) is 12.4 Å². The monoisotopic (exact) mass is 477 g/mol. The molecule has 0 unspecified atom stereocenters. The number of carbonyl (C=O) groups is 1. The molecule has 3 aromatic rings. The highest BCUT2D eigenvalue weighted by molar-refractivity contribution is 7.22. The number of anilines is 1. The number of halogens is 2. The maximum atomic E-state index is 11.8. The summed E-state index contributed by atoms with van der Waals surface area (Å²) in [5, 5.41) is 2.45. The minimum atomic E-state index is -0.224. The van der Waals surface area contributed by atoms with Gasteiger partial charge in [-0.1, -0.05) is 40.6 Å². The third-order valence-corrected chi connectivity index (χ3v) is 6.81. The number of ether oxygens (including phenoxy) is 1. The van der Waals surface area contributed by atoms with Gasteiger partial charge in [-0.05, 0) is 54.8 Å². The van der Waals surface area contributed by atoms with Crippen molar-refractivity contribution >= 4 is 55.9 Å². The number of aromatic nitrogens is 1. The fourth-order valence-electron chi connectivity index (χ4n) is 3.89. The average molecular weight is 478 g/mol. The molecule has 1 saturated heterocycles. The molecule has 1 aliphatic rings. The summed E-state index contributed by atoms with van der Waals surface area (Å²) in [5.74, 6) is -0.224. The molecular weight excluding hydrogens is 453 g/mol. The average Bonchev–Trinajstić information content (AvgIpc) is 2.98. The summed E-state index contributed by atoms with van der Waals surface area (Å²) in [5.41, 5.74) is 3.01. The number of nitrogens with zero attached hydrogens (tertiary/aromatic N) is 3. The van der Waals surface area contributed by atoms with Crippen LogP contribution in [0.2, 0.25) is 10.0 Å². The molecule has 0 atom stereocenters. The quantitative estimate of drug-likeness (QED) is 0.443. The second kappa shape index (κ2) is 10.2. The summed E-state index contributed by atoms with van der Waals surface area (Å²) in [6, 6.07) is 11.7. The minimum Gasteiger partial charge on any atom is -0.466 e. The van der Waals surface area contributed by atoms with Crippen molar-refractivity contribution < 1.29 is 9.53 Å². The van der Waals surface area contributed by atoms with Gasteiger partial charge in [0.25, 0.3) is 0 Å². The molecule has 1 fully saturated rings. The second-order valence-corrected chi connectivity index (χ2v) is 9.56. The summed E-state index contributed by atoms with van der Waals surface area (Å²) in [6.45, 7) is 6.85. The lowest BCUT2D eigenvalue weighted by Crippen LogP contribution is -2.30. The Labute approximate surface area is 196 Å². The Bertz CT molecular complexity index is 1070. The van der Waals surface area contributed by atoms with E-state index in [1.807, 2.05) is 37.3 Å². The molecule has 1 aliphatic heterocycles. The van der Waals surface area contributed by atoms with Crippen molar-refractivity contribution in [2.24, 2.45) is 0 Å². The zero-order valence-electron chi connectivity index (χ0n) is 17.4. The SMILES string of the molecule is CCOC(=O)Cc1cc(Cl)cc(CN2CCCN(c3nc4ccc(Cl)cc4s3)CC2)c1. The van der Waals surface area contributed by atoms with E-state index in [1.165, 1.54) is 0 Å². The molecule has 0 saturated carbocycles. The number of hydrogen-bond acceptors (Lipinski definition) is 6. The van der Waals surface area contributed by atoms with Crippen molar-refractivity contribution in [1.29, 1.82) is 0 Å². The number of benzene rings is 2. The van der Waals surface area contributed by atoms with Crippen molar-refractivity contribution in [3.63, 3.8) is 0 Å². The van der Waals surface area contributed by atoms with Crippen LogP contribution in [0.3, 0.4) is 0 Å². The van der Waals surface area contributed by atoms with Crippen LogP contribution in [0.25, 0.3) is 10.2 Å². The third-order valence-electron chi connectivity index (χ3n) is 5.28. The molecule has 5 nitrogen and oxygen atoms in total. The van der Waals surface area contributed by atoms with Crippen LogP contribution in [0, 0.1) is 0 Å². The molecule has 0 spiro atoms. The van der Waals surface area contributed by atoms with E-state index in [0.717, 1.165) is 70.6 Å². The van der Waals surface area contributed by atoms with Gasteiger partial charge in [0, 0.05) is 42.8 Å². The lowest BCUT2D eigenvalue weighted by molar-refractivity contribution is -0.142.